The van der Waals surface area contributed by atoms with Crippen molar-refractivity contribution in [2.75, 3.05) is 6.54 Å². The molecule has 1 fully saturated rings. The van der Waals surface area contributed by atoms with Crippen molar-refractivity contribution >= 4 is 11.7 Å². The zero-order valence-corrected chi connectivity index (χ0v) is 11.6. The molecule has 1 saturated carbocycles. The molecular weight excluding hydrogens is 254 g/mol. The number of amides is 1. The van der Waals surface area contributed by atoms with Crippen LogP contribution in [0.4, 0.5) is 0 Å². The highest BCUT2D eigenvalue weighted by Gasteiger charge is 2.33. The Morgan fingerprint density at radius 1 is 1.50 bits per heavy atom. The van der Waals surface area contributed by atoms with Crippen molar-refractivity contribution in [2.45, 2.75) is 19.8 Å². The summed E-state index contributed by atoms with van der Waals surface area (Å²) in [5.74, 6) is 0.408. The van der Waals surface area contributed by atoms with Gasteiger partial charge in [0.05, 0.1) is 0 Å². The van der Waals surface area contributed by atoms with E-state index in [0.717, 1.165) is 12.0 Å². The van der Waals surface area contributed by atoms with Crippen LogP contribution in [0.2, 0.25) is 0 Å². The fraction of sp³-hybridized carbons (Fsp3) is 0.467. The van der Waals surface area contributed by atoms with Gasteiger partial charge in [-0.2, -0.15) is 0 Å². The maximum absolute atomic E-state index is 12.2. The molecule has 0 saturated heterocycles. The standard InChI is InChI=1S/C15H21N3O2/c1-10-7-12(10)9-17-15(19)13(14(16)18-20)8-11-5-3-2-4-6-11/h2-6,10,12-13,20H,7-9H2,1H3,(H2,16,18)(H,17,19). The maximum atomic E-state index is 12.2. The molecule has 0 bridgehead atoms. The number of nitrogens with one attached hydrogen (secondary N) is 1. The summed E-state index contributed by atoms with van der Waals surface area (Å²) < 4.78 is 0. The Bertz CT molecular complexity index is 487. The summed E-state index contributed by atoms with van der Waals surface area (Å²) in [4.78, 5) is 12.2. The van der Waals surface area contributed by atoms with Crippen molar-refractivity contribution in [3.05, 3.63) is 35.9 Å². The molecule has 0 aliphatic heterocycles. The van der Waals surface area contributed by atoms with Crippen LogP contribution in [0.5, 0.6) is 0 Å². The van der Waals surface area contributed by atoms with E-state index in [1.165, 1.54) is 0 Å². The molecule has 108 valence electrons. The monoisotopic (exact) mass is 275 g/mol. The molecule has 1 amide bonds. The van der Waals surface area contributed by atoms with Gasteiger partial charge in [-0.15, -0.1) is 0 Å². The third kappa shape index (κ3) is 3.73. The van der Waals surface area contributed by atoms with Crippen LogP contribution in [0.15, 0.2) is 35.5 Å². The fourth-order valence-corrected chi connectivity index (χ4v) is 2.29. The second-order valence-corrected chi connectivity index (χ2v) is 5.49. The molecule has 20 heavy (non-hydrogen) atoms. The van der Waals surface area contributed by atoms with Crippen molar-refractivity contribution in [2.24, 2.45) is 28.6 Å². The van der Waals surface area contributed by atoms with Crippen LogP contribution in [-0.4, -0.2) is 23.5 Å². The predicted octanol–water partition coefficient (Wildman–Crippen LogP) is 1.36. The van der Waals surface area contributed by atoms with E-state index in [2.05, 4.69) is 17.4 Å². The highest BCUT2D eigenvalue weighted by Crippen LogP contribution is 2.36. The van der Waals surface area contributed by atoms with E-state index in [0.29, 0.717) is 24.8 Å². The third-order valence-electron chi connectivity index (χ3n) is 3.89. The first kappa shape index (κ1) is 14.4. The second-order valence-electron chi connectivity index (χ2n) is 5.49. The van der Waals surface area contributed by atoms with Gasteiger partial charge >= 0.3 is 0 Å². The molecule has 0 aromatic heterocycles. The lowest BCUT2D eigenvalue weighted by atomic mass is 9.97. The Labute approximate surface area is 118 Å². The second kappa shape index (κ2) is 6.41. The molecule has 1 aromatic carbocycles. The molecule has 1 aliphatic rings. The molecular formula is C15H21N3O2. The SMILES string of the molecule is CC1CC1CNC(=O)C(Cc1ccccc1)/C(N)=N/O. The molecule has 3 unspecified atom stereocenters. The molecule has 1 aromatic rings. The number of oxime groups is 1. The Morgan fingerprint density at radius 2 is 2.15 bits per heavy atom. The van der Waals surface area contributed by atoms with Crippen molar-refractivity contribution < 1.29 is 10.0 Å². The highest BCUT2D eigenvalue weighted by molar-refractivity contribution is 6.02. The number of hydrogen-bond acceptors (Lipinski definition) is 3. The molecule has 0 spiro atoms. The Hall–Kier alpha value is -2.04. The average molecular weight is 275 g/mol. The van der Waals surface area contributed by atoms with Gasteiger partial charge in [0, 0.05) is 6.54 Å². The normalized spacial score (nSPS) is 23.1. The van der Waals surface area contributed by atoms with E-state index < -0.39 is 5.92 Å². The average Bonchev–Trinajstić information content (AvgIpc) is 3.18. The minimum Gasteiger partial charge on any atom is -0.409 e. The van der Waals surface area contributed by atoms with Crippen LogP contribution in [0.3, 0.4) is 0 Å². The predicted molar refractivity (Wildman–Crippen MR) is 77.3 cm³/mol. The van der Waals surface area contributed by atoms with Gasteiger partial charge in [0.1, 0.15) is 5.92 Å². The van der Waals surface area contributed by atoms with Crippen LogP contribution >= 0.6 is 0 Å². The minimum atomic E-state index is -0.628. The maximum Gasteiger partial charge on any atom is 0.231 e. The van der Waals surface area contributed by atoms with Gasteiger partial charge in [0.25, 0.3) is 0 Å². The van der Waals surface area contributed by atoms with Gasteiger partial charge in [0.15, 0.2) is 5.84 Å². The summed E-state index contributed by atoms with van der Waals surface area (Å²) in [6.07, 6.45) is 1.59. The summed E-state index contributed by atoms with van der Waals surface area (Å²) in [5, 5.41) is 14.7. The first-order valence-electron chi connectivity index (χ1n) is 6.91. The summed E-state index contributed by atoms with van der Waals surface area (Å²) in [7, 11) is 0. The van der Waals surface area contributed by atoms with E-state index in [9.17, 15) is 4.79 Å². The van der Waals surface area contributed by atoms with Crippen LogP contribution in [0.1, 0.15) is 18.9 Å². The smallest absolute Gasteiger partial charge is 0.231 e. The lowest BCUT2D eigenvalue weighted by Crippen LogP contribution is -2.41. The Morgan fingerprint density at radius 3 is 2.70 bits per heavy atom. The number of hydrogen-bond donors (Lipinski definition) is 3. The quantitative estimate of drug-likeness (QED) is 0.317. The first-order chi connectivity index (χ1) is 9.61. The van der Waals surface area contributed by atoms with Gasteiger partial charge in [-0.1, -0.05) is 42.4 Å². The summed E-state index contributed by atoms with van der Waals surface area (Å²) in [6, 6.07) is 9.57. The fourth-order valence-electron chi connectivity index (χ4n) is 2.29. The van der Waals surface area contributed by atoms with Crippen molar-refractivity contribution in [3.8, 4) is 0 Å². The number of carbonyl (C=O) groups excluding carboxylic acids is 1. The first-order valence-corrected chi connectivity index (χ1v) is 6.91. The molecule has 5 heteroatoms. The van der Waals surface area contributed by atoms with Gasteiger partial charge in [-0.05, 0) is 30.2 Å². The van der Waals surface area contributed by atoms with Gasteiger partial charge in [-0.25, -0.2) is 0 Å². The minimum absolute atomic E-state index is 0.0461. The van der Waals surface area contributed by atoms with E-state index in [4.69, 9.17) is 10.9 Å². The number of carbonyl (C=O) groups is 1. The van der Waals surface area contributed by atoms with Crippen LogP contribution in [-0.2, 0) is 11.2 Å². The molecule has 5 nitrogen and oxygen atoms in total. The number of benzene rings is 1. The molecule has 0 heterocycles. The zero-order valence-electron chi connectivity index (χ0n) is 11.6. The van der Waals surface area contributed by atoms with Gasteiger partial charge < -0.3 is 16.3 Å². The van der Waals surface area contributed by atoms with Crippen molar-refractivity contribution in [1.82, 2.24) is 5.32 Å². The Balaban J connectivity index is 1.97. The molecule has 3 atom stereocenters. The zero-order chi connectivity index (χ0) is 14.5. The number of nitrogens with two attached hydrogens (primary N) is 1. The molecule has 4 N–H and O–H groups in total. The topological polar surface area (TPSA) is 87.7 Å². The number of rotatable bonds is 6. The third-order valence-corrected chi connectivity index (χ3v) is 3.89. The lowest BCUT2D eigenvalue weighted by Gasteiger charge is -2.15. The Kier molecular flexibility index (Phi) is 4.61. The van der Waals surface area contributed by atoms with Crippen LogP contribution in [0.25, 0.3) is 0 Å². The number of nitrogens with zero attached hydrogens (tertiary/aromatic N) is 1. The van der Waals surface area contributed by atoms with E-state index in [1.807, 2.05) is 30.3 Å². The van der Waals surface area contributed by atoms with E-state index >= 15 is 0 Å². The molecule has 0 radical (unpaired) electrons. The van der Waals surface area contributed by atoms with Crippen LogP contribution < -0.4 is 11.1 Å². The summed E-state index contributed by atoms with van der Waals surface area (Å²) >= 11 is 0. The highest BCUT2D eigenvalue weighted by atomic mass is 16.4. The molecule has 1 aliphatic carbocycles. The lowest BCUT2D eigenvalue weighted by molar-refractivity contribution is -0.123. The summed E-state index contributed by atoms with van der Waals surface area (Å²) in [6.45, 7) is 2.84. The number of amidine groups is 1. The largest absolute Gasteiger partial charge is 0.409 e. The van der Waals surface area contributed by atoms with E-state index in [-0.39, 0.29) is 11.7 Å². The van der Waals surface area contributed by atoms with E-state index in [1.54, 1.807) is 0 Å². The van der Waals surface area contributed by atoms with Crippen molar-refractivity contribution in [1.29, 1.82) is 0 Å². The van der Waals surface area contributed by atoms with Crippen molar-refractivity contribution in [3.63, 3.8) is 0 Å². The van der Waals surface area contributed by atoms with Crippen LogP contribution in [0, 0.1) is 17.8 Å². The van der Waals surface area contributed by atoms with Gasteiger partial charge in [0.2, 0.25) is 5.91 Å². The summed E-state index contributed by atoms with van der Waals surface area (Å²) in [5.41, 5.74) is 6.64. The van der Waals surface area contributed by atoms with Gasteiger partial charge in [-0.3, -0.25) is 4.79 Å². The molecule has 2 rings (SSSR count).